The molecule has 2 aromatic carbocycles. The molecule has 0 atom stereocenters. The van der Waals surface area contributed by atoms with Crippen LogP contribution in [0, 0.1) is 11.3 Å². The molecule has 4 nitrogen and oxygen atoms in total. The van der Waals surface area contributed by atoms with Gasteiger partial charge in [0.2, 0.25) is 0 Å². The van der Waals surface area contributed by atoms with Crippen molar-refractivity contribution in [1.29, 1.82) is 5.26 Å². The summed E-state index contributed by atoms with van der Waals surface area (Å²) in [7, 11) is 0. The topological polar surface area (TPSA) is 74.0 Å². The highest BCUT2D eigenvalue weighted by atomic mass is 32.1. The molecule has 0 saturated heterocycles. The lowest BCUT2D eigenvalue weighted by molar-refractivity contribution is 0.0697. The summed E-state index contributed by atoms with van der Waals surface area (Å²) in [6.07, 6.45) is 3.75. The molecule has 0 saturated carbocycles. The predicted molar refractivity (Wildman–Crippen MR) is 86.7 cm³/mol. The monoisotopic (exact) mass is 306 g/mol. The average molecular weight is 306 g/mol. The summed E-state index contributed by atoms with van der Waals surface area (Å²) in [6, 6.07) is 14.3. The zero-order chi connectivity index (χ0) is 15.5. The van der Waals surface area contributed by atoms with E-state index >= 15 is 0 Å². The summed E-state index contributed by atoms with van der Waals surface area (Å²) in [5.74, 6) is -0.944. The van der Waals surface area contributed by atoms with Gasteiger partial charge in [-0.3, -0.25) is 0 Å². The first-order chi connectivity index (χ1) is 10.7. The quantitative estimate of drug-likeness (QED) is 0.792. The van der Waals surface area contributed by atoms with Crippen molar-refractivity contribution >= 4 is 39.7 Å². The minimum absolute atomic E-state index is 0.258. The number of aromatic nitrogens is 1. The molecule has 22 heavy (non-hydrogen) atoms. The largest absolute Gasteiger partial charge is 0.478 e. The van der Waals surface area contributed by atoms with Crippen LogP contribution in [0.15, 0.2) is 42.5 Å². The number of aromatic carboxylic acids is 1. The van der Waals surface area contributed by atoms with Crippen LogP contribution in [0.3, 0.4) is 0 Å². The van der Waals surface area contributed by atoms with Gasteiger partial charge in [-0.05, 0) is 42.0 Å². The lowest BCUT2D eigenvalue weighted by atomic mass is 10.1. The highest BCUT2D eigenvalue weighted by Gasteiger charge is 2.06. The number of nitrogens with zero attached hydrogens (tertiary/aromatic N) is 2. The Kier molecular flexibility index (Phi) is 3.69. The van der Waals surface area contributed by atoms with Crippen LogP contribution in [0.5, 0.6) is 0 Å². The van der Waals surface area contributed by atoms with E-state index < -0.39 is 5.97 Å². The fourth-order valence-electron chi connectivity index (χ4n) is 2.03. The molecular weight excluding hydrogens is 296 g/mol. The van der Waals surface area contributed by atoms with Crippen molar-refractivity contribution in [2.24, 2.45) is 0 Å². The Bertz CT molecular complexity index is 935. The minimum atomic E-state index is -0.944. The van der Waals surface area contributed by atoms with Gasteiger partial charge in [0.25, 0.3) is 0 Å². The van der Waals surface area contributed by atoms with Crippen LogP contribution >= 0.6 is 11.3 Å². The smallest absolute Gasteiger partial charge is 0.335 e. The van der Waals surface area contributed by atoms with Crippen LogP contribution in [-0.4, -0.2) is 16.1 Å². The van der Waals surface area contributed by atoms with Gasteiger partial charge in [0.05, 0.1) is 27.4 Å². The lowest BCUT2D eigenvalue weighted by Crippen LogP contribution is -1.94. The molecule has 0 fully saturated rings. The van der Waals surface area contributed by atoms with Crippen molar-refractivity contribution in [3.05, 3.63) is 64.2 Å². The first-order valence-electron chi connectivity index (χ1n) is 6.48. The highest BCUT2D eigenvalue weighted by Crippen LogP contribution is 2.25. The fourth-order valence-corrected chi connectivity index (χ4v) is 2.94. The lowest BCUT2D eigenvalue weighted by Gasteiger charge is -1.92. The van der Waals surface area contributed by atoms with E-state index in [1.807, 2.05) is 24.3 Å². The standard InChI is InChI=1S/C17H10N2O2S/c18-10-12-3-1-2-11(8-12)4-7-16-19-14-6-5-13(17(20)21)9-15(14)22-16/h1-9H,(H,20,21)/b7-4+. The molecule has 3 aromatic rings. The summed E-state index contributed by atoms with van der Waals surface area (Å²) >= 11 is 1.43. The highest BCUT2D eigenvalue weighted by molar-refractivity contribution is 7.19. The predicted octanol–water partition coefficient (Wildman–Crippen LogP) is 4.04. The van der Waals surface area contributed by atoms with E-state index in [0.717, 1.165) is 20.8 Å². The van der Waals surface area contributed by atoms with Crippen molar-refractivity contribution in [1.82, 2.24) is 4.98 Å². The molecule has 1 N–H and O–H groups in total. The number of hydrogen-bond acceptors (Lipinski definition) is 4. The SMILES string of the molecule is N#Cc1cccc(/C=C/c2nc3ccc(C(=O)O)cc3s2)c1. The van der Waals surface area contributed by atoms with E-state index in [9.17, 15) is 4.79 Å². The number of carboxylic acids is 1. The third kappa shape index (κ3) is 2.87. The molecule has 1 aromatic heterocycles. The fraction of sp³-hybridized carbons (Fsp3) is 0. The Labute approximate surface area is 130 Å². The number of carboxylic acid groups (broad SMARTS) is 1. The number of hydrogen-bond donors (Lipinski definition) is 1. The van der Waals surface area contributed by atoms with Gasteiger partial charge in [0.1, 0.15) is 5.01 Å². The Balaban J connectivity index is 1.92. The molecule has 3 rings (SSSR count). The van der Waals surface area contributed by atoms with Crippen LogP contribution in [0.2, 0.25) is 0 Å². The second kappa shape index (κ2) is 5.80. The molecule has 0 amide bonds. The number of fused-ring (bicyclic) bond motifs is 1. The maximum Gasteiger partial charge on any atom is 0.335 e. The number of carbonyl (C=O) groups is 1. The molecule has 0 aliphatic heterocycles. The van der Waals surface area contributed by atoms with E-state index in [-0.39, 0.29) is 5.56 Å². The van der Waals surface area contributed by atoms with Crippen LogP contribution in [-0.2, 0) is 0 Å². The zero-order valence-corrected chi connectivity index (χ0v) is 12.2. The van der Waals surface area contributed by atoms with E-state index in [2.05, 4.69) is 11.1 Å². The third-order valence-corrected chi connectivity index (χ3v) is 4.07. The Hall–Kier alpha value is -2.97. The molecular formula is C17H10N2O2S. The van der Waals surface area contributed by atoms with Crippen LogP contribution < -0.4 is 0 Å². The number of rotatable bonds is 3. The number of nitriles is 1. The summed E-state index contributed by atoms with van der Waals surface area (Å²) in [4.78, 5) is 15.4. The van der Waals surface area contributed by atoms with E-state index in [0.29, 0.717) is 5.56 Å². The summed E-state index contributed by atoms with van der Waals surface area (Å²) in [6.45, 7) is 0. The molecule has 0 radical (unpaired) electrons. The molecule has 106 valence electrons. The Morgan fingerprint density at radius 3 is 2.86 bits per heavy atom. The maximum absolute atomic E-state index is 11.0. The molecule has 0 aliphatic carbocycles. The van der Waals surface area contributed by atoms with E-state index in [4.69, 9.17) is 10.4 Å². The van der Waals surface area contributed by atoms with Gasteiger partial charge in [-0.1, -0.05) is 18.2 Å². The van der Waals surface area contributed by atoms with Gasteiger partial charge in [-0.2, -0.15) is 5.26 Å². The molecule has 0 spiro atoms. The molecule has 1 heterocycles. The van der Waals surface area contributed by atoms with Crippen molar-refractivity contribution in [2.45, 2.75) is 0 Å². The van der Waals surface area contributed by atoms with Crippen molar-refractivity contribution in [3.63, 3.8) is 0 Å². The van der Waals surface area contributed by atoms with Gasteiger partial charge in [-0.25, -0.2) is 9.78 Å². The summed E-state index contributed by atoms with van der Waals surface area (Å²) < 4.78 is 0.838. The van der Waals surface area contributed by atoms with Gasteiger partial charge in [-0.15, -0.1) is 11.3 Å². The average Bonchev–Trinajstić information content (AvgIpc) is 2.95. The molecule has 5 heteroatoms. The summed E-state index contributed by atoms with van der Waals surface area (Å²) in [5, 5.41) is 18.7. The number of benzene rings is 2. The van der Waals surface area contributed by atoms with E-state index in [1.165, 1.54) is 11.3 Å². The molecule has 0 unspecified atom stereocenters. The second-order valence-electron chi connectivity index (χ2n) is 4.61. The van der Waals surface area contributed by atoms with Crippen LogP contribution in [0.1, 0.15) is 26.5 Å². The summed E-state index contributed by atoms with van der Waals surface area (Å²) in [5.41, 5.74) is 2.57. The van der Waals surface area contributed by atoms with Gasteiger partial charge < -0.3 is 5.11 Å². The Morgan fingerprint density at radius 2 is 2.09 bits per heavy atom. The van der Waals surface area contributed by atoms with Gasteiger partial charge in [0, 0.05) is 0 Å². The minimum Gasteiger partial charge on any atom is -0.478 e. The number of thiazole rings is 1. The Morgan fingerprint density at radius 1 is 1.23 bits per heavy atom. The maximum atomic E-state index is 11.0. The van der Waals surface area contributed by atoms with Crippen molar-refractivity contribution in [2.75, 3.05) is 0 Å². The molecule has 0 bridgehead atoms. The van der Waals surface area contributed by atoms with Gasteiger partial charge in [0.15, 0.2) is 0 Å². The first kappa shape index (κ1) is 14.0. The van der Waals surface area contributed by atoms with Crippen molar-refractivity contribution in [3.8, 4) is 6.07 Å². The normalized spacial score (nSPS) is 10.9. The van der Waals surface area contributed by atoms with E-state index in [1.54, 1.807) is 30.3 Å². The first-order valence-corrected chi connectivity index (χ1v) is 7.29. The third-order valence-electron chi connectivity index (χ3n) is 3.09. The van der Waals surface area contributed by atoms with Crippen LogP contribution in [0.25, 0.3) is 22.4 Å². The van der Waals surface area contributed by atoms with Gasteiger partial charge >= 0.3 is 5.97 Å². The van der Waals surface area contributed by atoms with Crippen LogP contribution in [0.4, 0.5) is 0 Å². The van der Waals surface area contributed by atoms with Crippen molar-refractivity contribution < 1.29 is 9.90 Å². The second-order valence-corrected chi connectivity index (χ2v) is 5.67. The zero-order valence-electron chi connectivity index (χ0n) is 11.4. The molecule has 0 aliphatic rings.